The third-order valence-electron chi connectivity index (χ3n) is 3.02. The summed E-state index contributed by atoms with van der Waals surface area (Å²) in [6.45, 7) is 2.31. The van der Waals surface area contributed by atoms with Gasteiger partial charge in [-0.25, -0.2) is 0 Å². The molecule has 0 fully saturated rings. The van der Waals surface area contributed by atoms with Crippen LogP contribution in [0.1, 0.15) is 18.9 Å². The van der Waals surface area contributed by atoms with Crippen molar-refractivity contribution < 1.29 is 14.6 Å². The van der Waals surface area contributed by atoms with Crippen LogP contribution in [-0.4, -0.2) is 31.3 Å². The number of benzene rings is 1. The van der Waals surface area contributed by atoms with Crippen molar-refractivity contribution in [3.8, 4) is 5.75 Å². The maximum atomic E-state index is 11.7. The zero-order chi connectivity index (χ0) is 14.3. The monoisotopic (exact) mass is 329 g/mol. The van der Waals surface area contributed by atoms with Crippen molar-refractivity contribution in [3.63, 3.8) is 0 Å². The van der Waals surface area contributed by atoms with Crippen LogP contribution in [0.4, 0.5) is 0 Å². The molecule has 1 aromatic rings. The summed E-state index contributed by atoms with van der Waals surface area (Å²) in [4.78, 5) is 11.7. The SMILES string of the molecule is CCC(CO)C(=O)NCCc1cc(Br)ccc1OC. The van der Waals surface area contributed by atoms with Gasteiger partial charge in [0.05, 0.1) is 19.6 Å². The molecule has 1 aromatic carbocycles. The second-order valence-electron chi connectivity index (χ2n) is 4.28. The third kappa shape index (κ3) is 4.84. The van der Waals surface area contributed by atoms with Crippen LogP contribution in [0.5, 0.6) is 5.75 Å². The number of aliphatic hydroxyl groups excluding tert-OH is 1. The van der Waals surface area contributed by atoms with Crippen molar-refractivity contribution in [1.82, 2.24) is 5.32 Å². The van der Waals surface area contributed by atoms with Crippen LogP contribution in [0.2, 0.25) is 0 Å². The molecule has 0 aliphatic heterocycles. The van der Waals surface area contributed by atoms with E-state index < -0.39 is 0 Å². The average molecular weight is 330 g/mol. The zero-order valence-electron chi connectivity index (χ0n) is 11.3. The van der Waals surface area contributed by atoms with Crippen molar-refractivity contribution in [2.75, 3.05) is 20.3 Å². The van der Waals surface area contributed by atoms with E-state index in [1.807, 2.05) is 25.1 Å². The molecule has 1 atom stereocenters. The van der Waals surface area contributed by atoms with E-state index in [4.69, 9.17) is 9.84 Å². The Balaban J connectivity index is 2.53. The molecule has 0 spiro atoms. The summed E-state index contributed by atoms with van der Waals surface area (Å²) in [7, 11) is 1.63. The lowest BCUT2D eigenvalue weighted by Gasteiger charge is -2.13. The second-order valence-corrected chi connectivity index (χ2v) is 5.20. The Hall–Kier alpha value is -1.07. The van der Waals surface area contributed by atoms with Crippen molar-refractivity contribution in [1.29, 1.82) is 0 Å². The minimum absolute atomic E-state index is 0.0982. The number of hydrogen-bond acceptors (Lipinski definition) is 3. The Morgan fingerprint density at radius 3 is 2.84 bits per heavy atom. The average Bonchev–Trinajstić information content (AvgIpc) is 2.40. The molecular weight excluding hydrogens is 310 g/mol. The number of rotatable bonds is 7. The number of amides is 1. The topological polar surface area (TPSA) is 58.6 Å². The van der Waals surface area contributed by atoms with Gasteiger partial charge in [-0.1, -0.05) is 22.9 Å². The van der Waals surface area contributed by atoms with Crippen LogP contribution < -0.4 is 10.1 Å². The molecule has 0 aliphatic carbocycles. The van der Waals surface area contributed by atoms with Crippen LogP contribution in [0.25, 0.3) is 0 Å². The van der Waals surface area contributed by atoms with Gasteiger partial charge in [-0.15, -0.1) is 0 Å². The van der Waals surface area contributed by atoms with Crippen LogP contribution in [0.3, 0.4) is 0 Å². The second kappa shape index (κ2) is 8.17. The van der Waals surface area contributed by atoms with Gasteiger partial charge in [-0.05, 0) is 36.6 Å². The Kier molecular flexibility index (Phi) is 6.87. The standard InChI is InChI=1S/C14H20BrNO3/c1-3-10(9-17)14(18)16-7-6-11-8-12(15)4-5-13(11)19-2/h4-5,8,10,17H,3,6-7,9H2,1-2H3,(H,16,18). The first-order valence-corrected chi connectivity index (χ1v) is 7.12. The van der Waals surface area contributed by atoms with Gasteiger partial charge in [0, 0.05) is 11.0 Å². The molecule has 0 saturated carbocycles. The third-order valence-corrected chi connectivity index (χ3v) is 3.51. The lowest BCUT2D eigenvalue weighted by Crippen LogP contribution is -2.33. The number of hydrogen-bond donors (Lipinski definition) is 2. The van der Waals surface area contributed by atoms with Gasteiger partial charge in [0.15, 0.2) is 0 Å². The summed E-state index contributed by atoms with van der Waals surface area (Å²) in [5.41, 5.74) is 1.04. The molecule has 4 nitrogen and oxygen atoms in total. The van der Waals surface area contributed by atoms with Crippen molar-refractivity contribution in [2.45, 2.75) is 19.8 Å². The molecule has 1 unspecified atom stereocenters. The molecule has 1 amide bonds. The fourth-order valence-corrected chi connectivity index (χ4v) is 2.21. The van der Waals surface area contributed by atoms with E-state index in [1.165, 1.54) is 0 Å². The Bertz CT molecular complexity index is 419. The number of ether oxygens (including phenoxy) is 1. The minimum Gasteiger partial charge on any atom is -0.496 e. The van der Waals surface area contributed by atoms with Gasteiger partial charge in [-0.3, -0.25) is 4.79 Å². The van der Waals surface area contributed by atoms with Gasteiger partial charge in [-0.2, -0.15) is 0 Å². The minimum atomic E-state index is -0.315. The first-order valence-electron chi connectivity index (χ1n) is 6.33. The van der Waals surface area contributed by atoms with Gasteiger partial charge < -0.3 is 15.2 Å². The Morgan fingerprint density at radius 2 is 2.26 bits per heavy atom. The van der Waals surface area contributed by atoms with Crippen LogP contribution in [0.15, 0.2) is 22.7 Å². The predicted octanol–water partition coefficient (Wildman–Crippen LogP) is 2.13. The molecule has 106 valence electrons. The molecule has 0 aromatic heterocycles. The van der Waals surface area contributed by atoms with Crippen LogP contribution in [-0.2, 0) is 11.2 Å². The smallest absolute Gasteiger partial charge is 0.225 e. The fraction of sp³-hybridized carbons (Fsp3) is 0.500. The molecular formula is C14H20BrNO3. The number of halogens is 1. The zero-order valence-corrected chi connectivity index (χ0v) is 12.9. The summed E-state index contributed by atoms with van der Waals surface area (Å²) < 4.78 is 6.26. The molecule has 1 rings (SSSR count). The highest BCUT2D eigenvalue weighted by Gasteiger charge is 2.14. The van der Waals surface area contributed by atoms with E-state index in [2.05, 4.69) is 21.2 Å². The molecule has 5 heteroatoms. The van der Waals surface area contributed by atoms with E-state index in [9.17, 15) is 4.79 Å². The number of carbonyl (C=O) groups excluding carboxylic acids is 1. The van der Waals surface area contributed by atoms with Gasteiger partial charge in [0.1, 0.15) is 5.75 Å². The largest absolute Gasteiger partial charge is 0.496 e. The summed E-state index contributed by atoms with van der Waals surface area (Å²) in [6.07, 6.45) is 1.33. The fourth-order valence-electron chi connectivity index (χ4n) is 1.80. The van der Waals surface area contributed by atoms with Crippen molar-refractivity contribution in [3.05, 3.63) is 28.2 Å². The van der Waals surface area contributed by atoms with Gasteiger partial charge in [0.2, 0.25) is 5.91 Å². The van der Waals surface area contributed by atoms with Crippen LogP contribution in [0, 0.1) is 5.92 Å². The lowest BCUT2D eigenvalue weighted by atomic mass is 10.1. The van der Waals surface area contributed by atoms with E-state index in [0.717, 1.165) is 15.8 Å². The molecule has 0 radical (unpaired) electrons. The summed E-state index contributed by atoms with van der Waals surface area (Å²) >= 11 is 3.42. The normalized spacial score (nSPS) is 12.0. The van der Waals surface area contributed by atoms with E-state index >= 15 is 0 Å². The quantitative estimate of drug-likeness (QED) is 0.805. The summed E-state index contributed by atoms with van der Waals surface area (Å²) in [5.74, 6) is 0.398. The maximum absolute atomic E-state index is 11.7. The molecule has 2 N–H and O–H groups in total. The maximum Gasteiger partial charge on any atom is 0.225 e. The van der Waals surface area contributed by atoms with E-state index in [1.54, 1.807) is 7.11 Å². The van der Waals surface area contributed by atoms with Gasteiger partial charge in [0.25, 0.3) is 0 Å². The van der Waals surface area contributed by atoms with Gasteiger partial charge >= 0.3 is 0 Å². The molecule has 0 aliphatic rings. The number of carbonyl (C=O) groups is 1. The van der Waals surface area contributed by atoms with Crippen LogP contribution >= 0.6 is 15.9 Å². The summed E-state index contributed by atoms with van der Waals surface area (Å²) in [6, 6.07) is 5.79. The number of nitrogens with one attached hydrogen (secondary N) is 1. The summed E-state index contributed by atoms with van der Waals surface area (Å²) in [5, 5.41) is 11.9. The van der Waals surface area contributed by atoms with Crippen molar-refractivity contribution in [2.24, 2.45) is 5.92 Å². The predicted molar refractivity (Wildman–Crippen MR) is 78.3 cm³/mol. The van der Waals surface area contributed by atoms with E-state index in [-0.39, 0.29) is 18.4 Å². The van der Waals surface area contributed by atoms with Crippen molar-refractivity contribution >= 4 is 21.8 Å². The molecule has 19 heavy (non-hydrogen) atoms. The number of aliphatic hydroxyl groups is 1. The molecule has 0 saturated heterocycles. The Morgan fingerprint density at radius 1 is 1.53 bits per heavy atom. The molecule has 0 bridgehead atoms. The highest BCUT2D eigenvalue weighted by molar-refractivity contribution is 9.10. The van der Waals surface area contributed by atoms with E-state index in [0.29, 0.717) is 19.4 Å². The first kappa shape index (κ1) is 16.0. The Labute approximate surface area is 122 Å². The number of methoxy groups -OCH3 is 1. The molecule has 0 heterocycles. The lowest BCUT2D eigenvalue weighted by molar-refractivity contribution is -0.126. The highest BCUT2D eigenvalue weighted by atomic mass is 79.9. The highest BCUT2D eigenvalue weighted by Crippen LogP contribution is 2.23. The first-order chi connectivity index (χ1) is 9.12.